The summed E-state index contributed by atoms with van der Waals surface area (Å²) >= 11 is 0. The second-order valence-corrected chi connectivity index (χ2v) is 6.16. The predicted molar refractivity (Wildman–Crippen MR) is 50.8 cm³/mol. The van der Waals surface area contributed by atoms with Crippen LogP contribution in [0, 0.1) is 5.41 Å². The van der Waals surface area contributed by atoms with Crippen LogP contribution in [-0.4, -0.2) is 36.8 Å². The molecule has 0 aromatic heterocycles. The highest BCUT2D eigenvalue weighted by atomic mass is 32.2. The molecule has 82 valence electrons. The summed E-state index contributed by atoms with van der Waals surface area (Å²) in [4.78, 5) is 21.4. The summed E-state index contributed by atoms with van der Waals surface area (Å²) in [6.07, 6.45) is 0. The minimum absolute atomic E-state index is 0.473. The van der Waals surface area contributed by atoms with Crippen molar-refractivity contribution in [3.8, 4) is 0 Å². The maximum Gasteiger partial charge on any atom is 0.318 e. The van der Waals surface area contributed by atoms with Gasteiger partial charge >= 0.3 is 5.97 Å². The van der Waals surface area contributed by atoms with E-state index in [9.17, 15) is 18.0 Å². The first-order chi connectivity index (χ1) is 6.04. The quantitative estimate of drug-likeness (QED) is 0.728. The molecule has 0 atom stereocenters. The number of sulfone groups is 1. The molecule has 0 bridgehead atoms. The van der Waals surface area contributed by atoms with Gasteiger partial charge in [-0.15, -0.1) is 0 Å². The number of carbonyl (C=O) groups excluding carboxylic acids is 1. The molecule has 6 heteroatoms. The molecule has 0 aromatic rings. The van der Waals surface area contributed by atoms with Gasteiger partial charge in [0, 0.05) is 5.41 Å². The number of carbonyl (C=O) groups is 2. The van der Waals surface area contributed by atoms with E-state index in [1.807, 2.05) is 0 Å². The Labute approximate surface area is 83.0 Å². The van der Waals surface area contributed by atoms with Gasteiger partial charge in [0.25, 0.3) is 0 Å². The molecule has 0 aliphatic rings. The highest BCUT2D eigenvalue weighted by Gasteiger charge is 2.28. The maximum atomic E-state index is 11.3. The van der Waals surface area contributed by atoms with Crippen molar-refractivity contribution in [2.24, 2.45) is 5.41 Å². The van der Waals surface area contributed by atoms with Crippen LogP contribution in [0.25, 0.3) is 0 Å². The fourth-order valence-corrected chi connectivity index (χ4v) is 1.97. The number of carboxylic acids is 1. The highest BCUT2D eigenvalue weighted by molar-refractivity contribution is 7.92. The van der Waals surface area contributed by atoms with E-state index in [2.05, 4.69) is 0 Å². The van der Waals surface area contributed by atoms with Crippen LogP contribution in [0.3, 0.4) is 0 Å². The first-order valence-corrected chi connectivity index (χ1v) is 5.82. The Bertz CT molecular complexity index is 333. The van der Waals surface area contributed by atoms with Crippen LogP contribution >= 0.6 is 0 Å². The topological polar surface area (TPSA) is 88.5 Å². The molecule has 0 radical (unpaired) electrons. The monoisotopic (exact) mass is 222 g/mol. The predicted octanol–water partition coefficient (Wildman–Crippen LogP) is 0.101. The van der Waals surface area contributed by atoms with E-state index in [1.165, 1.54) is 0 Å². The van der Waals surface area contributed by atoms with Gasteiger partial charge in [-0.2, -0.15) is 0 Å². The molecule has 0 aliphatic heterocycles. The largest absolute Gasteiger partial charge is 0.480 e. The number of Topliss-reactive ketones (excluding diaryl/α,β-unsaturated/α-hetero) is 1. The summed E-state index contributed by atoms with van der Waals surface area (Å²) in [5.74, 6) is -3.61. The van der Waals surface area contributed by atoms with Gasteiger partial charge in [-0.1, -0.05) is 20.8 Å². The van der Waals surface area contributed by atoms with Crippen LogP contribution in [0.2, 0.25) is 0 Å². The van der Waals surface area contributed by atoms with Crippen LogP contribution in [0.5, 0.6) is 0 Å². The zero-order valence-electron chi connectivity index (χ0n) is 8.40. The van der Waals surface area contributed by atoms with E-state index in [4.69, 9.17) is 5.11 Å². The summed E-state index contributed by atoms with van der Waals surface area (Å²) in [5.41, 5.74) is -0.758. The first-order valence-electron chi connectivity index (χ1n) is 4.00. The van der Waals surface area contributed by atoms with Crippen LogP contribution in [-0.2, 0) is 19.4 Å². The Morgan fingerprint density at radius 2 is 1.57 bits per heavy atom. The molecule has 0 saturated heterocycles. The van der Waals surface area contributed by atoms with Crippen molar-refractivity contribution in [1.29, 1.82) is 0 Å². The van der Waals surface area contributed by atoms with Crippen LogP contribution < -0.4 is 0 Å². The average molecular weight is 222 g/mol. The van der Waals surface area contributed by atoms with Crippen molar-refractivity contribution in [1.82, 2.24) is 0 Å². The molecule has 1 N–H and O–H groups in total. The lowest BCUT2D eigenvalue weighted by molar-refractivity contribution is -0.134. The molecule has 0 unspecified atom stereocenters. The minimum Gasteiger partial charge on any atom is -0.480 e. The van der Waals surface area contributed by atoms with Crippen molar-refractivity contribution in [3.05, 3.63) is 0 Å². The highest BCUT2D eigenvalue weighted by Crippen LogP contribution is 2.15. The Hall–Kier alpha value is -0.910. The van der Waals surface area contributed by atoms with Crippen LogP contribution in [0.4, 0.5) is 0 Å². The molecule has 5 nitrogen and oxygen atoms in total. The Morgan fingerprint density at radius 1 is 1.14 bits per heavy atom. The smallest absolute Gasteiger partial charge is 0.318 e. The maximum absolute atomic E-state index is 11.3. The van der Waals surface area contributed by atoms with Gasteiger partial charge < -0.3 is 5.11 Å². The van der Waals surface area contributed by atoms with Gasteiger partial charge in [0.2, 0.25) is 0 Å². The Balaban J connectivity index is 4.55. The summed E-state index contributed by atoms with van der Waals surface area (Å²) in [7, 11) is -3.81. The third kappa shape index (κ3) is 4.96. The van der Waals surface area contributed by atoms with Crippen LogP contribution in [0.1, 0.15) is 20.8 Å². The molecule has 0 fully saturated rings. The standard InChI is InChI=1S/C8H14O5S/c1-8(2,3)6(9)4-14(12,13)5-7(10)11/h4-5H2,1-3H3,(H,10,11). The molecule has 0 aliphatic carbocycles. The fourth-order valence-electron chi connectivity index (χ4n) is 0.655. The van der Waals surface area contributed by atoms with E-state index >= 15 is 0 Å². The third-order valence-corrected chi connectivity index (χ3v) is 2.92. The molecule has 0 rings (SSSR count). The number of carboxylic acid groups (broad SMARTS) is 1. The zero-order chi connectivity index (χ0) is 11.6. The summed E-state index contributed by atoms with van der Waals surface area (Å²) in [5, 5.41) is 8.27. The molecule has 0 aromatic carbocycles. The zero-order valence-corrected chi connectivity index (χ0v) is 9.22. The number of hydrogen-bond acceptors (Lipinski definition) is 4. The van der Waals surface area contributed by atoms with Crippen molar-refractivity contribution < 1.29 is 23.1 Å². The van der Waals surface area contributed by atoms with Gasteiger partial charge in [0.05, 0.1) is 0 Å². The SMILES string of the molecule is CC(C)(C)C(=O)CS(=O)(=O)CC(=O)O. The van der Waals surface area contributed by atoms with Gasteiger partial charge in [0.15, 0.2) is 15.6 Å². The van der Waals surface area contributed by atoms with Gasteiger partial charge in [0.1, 0.15) is 11.5 Å². The van der Waals surface area contributed by atoms with E-state index < -0.39 is 38.5 Å². The van der Waals surface area contributed by atoms with Gasteiger partial charge in [-0.25, -0.2) is 8.42 Å². The molecule has 0 saturated carbocycles. The Morgan fingerprint density at radius 3 is 1.86 bits per heavy atom. The van der Waals surface area contributed by atoms with E-state index in [-0.39, 0.29) is 0 Å². The molecular weight excluding hydrogens is 208 g/mol. The van der Waals surface area contributed by atoms with Crippen molar-refractivity contribution in [3.63, 3.8) is 0 Å². The van der Waals surface area contributed by atoms with E-state index in [0.29, 0.717) is 0 Å². The average Bonchev–Trinajstić information content (AvgIpc) is 1.79. The van der Waals surface area contributed by atoms with Crippen molar-refractivity contribution in [2.45, 2.75) is 20.8 Å². The van der Waals surface area contributed by atoms with E-state index in [0.717, 1.165) is 0 Å². The lowest BCUT2D eigenvalue weighted by Gasteiger charge is -2.15. The van der Waals surface area contributed by atoms with Crippen molar-refractivity contribution >= 4 is 21.6 Å². The molecule has 0 amide bonds. The number of aliphatic carboxylic acids is 1. The summed E-state index contributed by atoms with van der Waals surface area (Å²) in [6, 6.07) is 0. The van der Waals surface area contributed by atoms with Crippen molar-refractivity contribution in [2.75, 3.05) is 11.5 Å². The molecule has 14 heavy (non-hydrogen) atoms. The normalized spacial score (nSPS) is 12.5. The number of ketones is 1. The van der Waals surface area contributed by atoms with Gasteiger partial charge in [-0.05, 0) is 0 Å². The first kappa shape index (κ1) is 13.1. The van der Waals surface area contributed by atoms with Gasteiger partial charge in [-0.3, -0.25) is 9.59 Å². The second kappa shape index (κ2) is 4.08. The minimum atomic E-state index is -3.81. The molecule has 0 spiro atoms. The van der Waals surface area contributed by atoms with Crippen LogP contribution in [0.15, 0.2) is 0 Å². The fraction of sp³-hybridized carbons (Fsp3) is 0.750. The second-order valence-electron chi connectivity index (χ2n) is 4.10. The Kier molecular flexibility index (Phi) is 3.81. The summed E-state index contributed by atoms with van der Waals surface area (Å²) < 4.78 is 22.2. The van der Waals surface area contributed by atoms with E-state index in [1.54, 1.807) is 20.8 Å². The lowest BCUT2D eigenvalue weighted by atomic mass is 9.92. The summed E-state index contributed by atoms with van der Waals surface area (Å²) in [6.45, 7) is 4.77. The molecule has 0 heterocycles. The lowest BCUT2D eigenvalue weighted by Crippen LogP contribution is -2.30. The third-order valence-electron chi connectivity index (χ3n) is 1.53. The number of hydrogen-bond donors (Lipinski definition) is 1. The molecular formula is C8H14O5S. The number of rotatable bonds is 4.